The Morgan fingerprint density at radius 1 is 1.15 bits per heavy atom. The third kappa shape index (κ3) is 4.06. The lowest BCUT2D eigenvalue weighted by molar-refractivity contribution is -0.122. The number of ether oxygens (including phenoxy) is 1. The van der Waals surface area contributed by atoms with E-state index in [0.29, 0.717) is 12.2 Å². The summed E-state index contributed by atoms with van der Waals surface area (Å²) in [5, 5.41) is 9.44. The number of hydrogen-bond donors (Lipinski definition) is 1. The molecule has 1 atom stereocenters. The number of amides is 1. The largest absolute Gasteiger partial charge is 0.376 e. The molecule has 0 bridgehead atoms. The quantitative estimate of drug-likeness (QED) is 0.755. The van der Waals surface area contributed by atoms with Crippen molar-refractivity contribution in [2.75, 3.05) is 13.2 Å². The van der Waals surface area contributed by atoms with Crippen LogP contribution in [0.2, 0.25) is 0 Å². The Labute approximate surface area is 156 Å². The highest BCUT2D eigenvalue weighted by molar-refractivity contribution is 5.86. The molecule has 138 valence electrons. The molecule has 1 amide bonds. The summed E-state index contributed by atoms with van der Waals surface area (Å²) in [7, 11) is 0. The Kier molecular flexibility index (Phi) is 4.98. The van der Waals surface area contributed by atoms with Crippen molar-refractivity contribution in [1.29, 1.82) is 0 Å². The normalized spacial score (nSPS) is 16.5. The molecular formula is C21H21N3O3. The zero-order valence-corrected chi connectivity index (χ0v) is 14.9. The molecule has 6 nitrogen and oxygen atoms in total. The number of nitrogens with one attached hydrogen (secondary N) is 1. The van der Waals surface area contributed by atoms with Crippen LogP contribution in [0, 0.1) is 0 Å². The van der Waals surface area contributed by atoms with Crippen molar-refractivity contribution in [1.82, 2.24) is 15.1 Å². The smallest absolute Gasteiger partial charge is 0.267 e. The fraction of sp³-hybridized carbons (Fsp3) is 0.286. The summed E-state index contributed by atoms with van der Waals surface area (Å²) < 4.78 is 6.69. The van der Waals surface area contributed by atoms with E-state index in [2.05, 4.69) is 10.4 Å². The summed E-state index contributed by atoms with van der Waals surface area (Å²) in [6.07, 6.45) is 2.05. The second-order valence-corrected chi connectivity index (χ2v) is 6.72. The monoisotopic (exact) mass is 363 g/mol. The zero-order valence-electron chi connectivity index (χ0n) is 14.9. The van der Waals surface area contributed by atoms with E-state index in [-0.39, 0.29) is 24.1 Å². The highest BCUT2D eigenvalue weighted by Crippen LogP contribution is 2.22. The lowest BCUT2D eigenvalue weighted by Crippen LogP contribution is -2.37. The third-order valence-electron chi connectivity index (χ3n) is 4.76. The number of rotatable bonds is 5. The topological polar surface area (TPSA) is 73.2 Å². The third-order valence-corrected chi connectivity index (χ3v) is 4.76. The first-order valence-corrected chi connectivity index (χ1v) is 9.15. The highest BCUT2D eigenvalue weighted by Gasteiger charge is 2.16. The number of fused-ring (bicyclic) bond motifs is 1. The molecule has 27 heavy (non-hydrogen) atoms. The summed E-state index contributed by atoms with van der Waals surface area (Å²) in [5.41, 5.74) is 1.27. The van der Waals surface area contributed by atoms with Gasteiger partial charge in [0.15, 0.2) is 0 Å². The maximum Gasteiger partial charge on any atom is 0.267 e. The van der Waals surface area contributed by atoms with Crippen molar-refractivity contribution in [3.8, 4) is 11.3 Å². The van der Waals surface area contributed by atoms with Gasteiger partial charge in [0.2, 0.25) is 5.91 Å². The van der Waals surface area contributed by atoms with Gasteiger partial charge in [0, 0.05) is 24.8 Å². The Bertz CT molecular complexity index is 1020. The maximum atomic E-state index is 12.2. The molecule has 1 aliphatic heterocycles. The van der Waals surface area contributed by atoms with Crippen molar-refractivity contribution in [2.45, 2.75) is 25.5 Å². The molecule has 0 aliphatic carbocycles. The van der Waals surface area contributed by atoms with Gasteiger partial charge in [0.1, 0.15) is 6.54 Å². The molecule has 4 rings (SSSR count). The van der Waals surface area contributed by atoms with Crippen molar-refractivity contribution in [2.24, 2.45) is 0 Å². The molecule has 1 aromatic heterocycles. The number of carbonyl (C=O) groups is 1. The standard InChI is InChI=1S/C21H21N3O3/c25-20(22-13-18-6-3-11-27-18)14-24-21(26)10-9-19(23-24)17-8-7-15-4-1-2-5-16(15)12-17/h1-2,4-5,7-10,12,18H,3,6,11,13-14H2,(H,22,25). The summed E-state index contributed by atoms with van der Waals surface area (Å²) in [5.74, 6) is -0.240. The second-order valence-electron chi connectivity index (χ2n) is 6.72. The molecule has 0 spiro atoms. The van der Waals surface area contributed by atoms with Gasteiger partial charge in [0.05, 0.1) is 11.8 Å². The molecule has 2 heterocycles. The first-order chi connectivity index (χ1) is 13.2. The fourth-order valence-electron chi connectivity index (χ4n) is 3.29. The summed E-state index contributed by atoms with van der Waals surface area (Å²) in [4.78, 5) is 24.3. The van der Waals surface area contributed by atoms with Crippen LogP contribution in [0.3, 0.4) is 0 Å². The van der Waals surface area contributed by atoms with Crippen molar-refractivity contribution in [3.05, 3.63) is 65.0 Å². The van der Waals surface area contributed by atoms with Crippen LogP contribution in [0.25, 0.3) is 22.0 Å². The minimum Gasteiger partial charge on any atom is -0.376 e. The van der Waals surface area contributed by atoms with Crippen LogP contribution in [-0.2, 0) is 16.1 Å². The number of nitrogens with zero attached hydrogens (tertiary/aromatic N) is 2. The summed E-state index contributed by atoms with van der Waals surface area (Å²) in [6, 6.07) is 17.2. The Morgan fingerprint density at radius 3 is 2.81 bits per heavy atom. The SMILES string of the molecule is O=C(Cn1nc(-c2ccc3ccccc3c2)ccc1=O)NCC1CCCO1. The van der Waals surface area contributed by atoms with Gasteiger partial charge in [-0.3, -0.25) is 9.59 Å². The van der Waals surface area contributed by atoms with Crippen LogP contribution in [0.5, 0.6) is 0 Å². The summed E-state index contributed by atoms with van der Waals surface area (Å²) in [6.45, 7) is 1.11. The van der Waals surface area contributed by atoms with Crippen LogP contribution >= 0.6 is 0 Å². The average Bonchev–Trinajstić information content (AvgIpc) is 3.21. The molecule has 0 saturated carbocycles. The molecule has 1 N–H and O–H groups in total. The van der Waals surface area contributed by atoms with E-state index in [1.165, 1.54) is 10.7 Å². The Balaban J connectivity index is 1.51. The lowest BCUT2D eigenvalue weighted by Gasteiger charge is -2.12. The summed E-state index contributed by atoms with van der Waals surface area (Å²) >= 11 is 0. The Hall–Kier alpha value is -2.99. The van der Waals surface area contributed by atoms with E-state index < -0.39 is 0 Å². The predicted octanol–water partition coefficient (Wildman–Crippen LogP) is 2.36. The van der Waals surface area contributed by atoms with E-state index in [9.17, 15) is 9.59 Å². The molecule has 1 unspecified atom stereocenters. The molecule has 2 aromatic carbocycles. The van der Waals surface area contributed by atoms with Gasteiger partial charge in [-0.25, -0.2) is 4.68 Å². The van der Waals surface area contributed by atoms with E-state index in [1.54, 1.807) is 6.07 Å². The van der Waals surface area contributed by atoms with Gasteiger partial charge >= 0.3 is 0 Å². The number of aromatic nitrogens is 2. The molecule has 1 fully saturated rings. The zero-order chi connectivity index (χ0) is 18.6. The van der Waals surface area contributed by atoms with Crippen LogP contribution < -0.4 is 10.9 Å². The van der Waals surface area contributed by atoms with Crippen LogP contribution in [0.15, 0.2) is 59.4 Å². The van der Waals surface area contributed by atoms with E-state index in [4.69, 9.17) is 4.74 Å². The van der Waals surface area contributed by atoms with E-state index in [1.807, 2.05) is 42.5 Å². The fourth-order valence-corrected chi connectivity index (χ4v) is 3.29. The van der Waals surface area contributed by atoms with Gasteiger partial charge in [-0.1, -0.05) is 36.4 Å². The van der Waals surface area contributed by atoms with Crippen LogP contribution in [0.4, 0.5) is 0 Å². The first kappa shape index (κ1) is 17.4. The minimum atomic E-state index is -0.299. The molecule has 3 aromatic rings. The average molecular weight is 363 g/mol. The number of benzene rings is 2. The van der Waals surface area contributed by atoms with Crippen LogP contribution in [-0.4, -0.2) is 34.9 Å². The van der Waals surface area contributed by atoms with Gasteiger partial charge in [-0.05, 0) is 35.7 Å². The number of carbonyl (C=O) groups excluding carboxylic acids is 1. The van der Waals surface area contributed by atoms with Gasteiger partial charge in [0.25, 0.3) is 5.56 Å². The van der Waals surface area contributed by atoms with Gasteiger partial charge in [-0.15, -0.1) is 0 Å². The molecule has 0 radical (unpaired) electrons. The molecular weight excluding hydrogens is 342 g/mol. The van der Waals surface area contributed by atoms with Crippen LogP contribution in [0.1, 0.15) is 12.8 Å². The van der Waals surface area contributed by atoms with E-state index in [0.717, 1.165) is 35.8 Å². The van der Waals surface area contributed by atoms with E-state index >= 15 is 0 Å². The van der Waals surface area contributed by atoms with Gasteiger partial charge in [-0.2, -0.15) is 5.10 Å². The van der Waals surface area contributed by atoms with Gasteiger partial charge < -0.3 is 10.1 Å². The van der Waals surface area contributed by atoms with Crippen molar-refractivity contribution < 1.29 is 9.53 Å². The Morgan fingerprint density at radius 2 is 2.00 bits per heavy atom. The maximum absolute atomic E-state index is 12.2. The molecule has 6 heteroatoms. The second kappa shape index (κ2) is 7.72. The molecule has 1 aliphatic rings. The number of hydrogen-bond acceptors (Lipinski definition) is 4. The predicted molar refractivity (Wildman–Crippen MR) is 103 cm³/mol. The minimum absolute atomic E-state index is 0.0718. The van der Waals surface area contributed by atoms with Crippen molar-refractivity contribution in [3.63, 3.8) is 0 Å². The van der Waals surface area contributed by atoms with Crippen molar-refractivity contribution >= 4 is 16.7 Å². The first-order valence-electron chi connectivity index (χ1n) is 9.15. The molecule has 1 saturated heterocycles. The lowest BCUT2D eigenvalue weighted by atomic mass is 10.1. The highest BCUT2D eigenvalue weighted by atomic mass is 16.5.